The lowest BCUT2D eigenvalue weighted by molar-refractivity contribution is -0.134. The van der Waals surface area contributed by atoms with E-state index in [0.29, 0.717) is 21.5 Å². The van der Waals surface area contributed by atoms with Crippen molar-refractivity contribution in [3.05, 3.63) is 73.7 Å². The number of imide groups is 1. The summed E-state index contributed by atoms with van der Waals surface area (Å²) >= 11 is 8.30. The third-order valence-electron chi connectivity index (χ3n) is 7.20. The number of carbonyl (C=O) groups is 3. The summed E-state index contributed by atoms with van der Waals surface area (Å²) in [5.74, 6) is -1.42. The lowest BCUT2D eigenvalue weighted by Gasteiger charge is -2.30. The van der Waals surface area contributed by atoms with E-state index in [4.69, 9.17) is 16.3 Å². The van der Waals surface area contributed by atoms with Gasteiger partial charge in [0.2, 0.25) is 11.8 Å². The second kappa shape index (κ2) is 10.2. The topological polar surface area (TPSA) is 99.8 Å². The second-order valence-corrected chi connectivity index (χ2v) is 12.1. The van der Waals surface area contributed by atoms with Crippen LogP contribution in [0.4, 0.5) is 5.69 Å². The standard InChI is InChI=1S/C27H24ClN3O5S2/c28-16-7-9-17(10-8-16)31-25(33)21-20(22-24(29-27(35)38-22)37-23(21)26(31)34)15-5-4-6-18(13-15)36-14-19(32)30-11-2-1-3-12-30/h4-10,13,20-21,23H,1-3,11-12,14H2,(H,29,35). The zero-order valence-corrected chi connectivity index (χ0v) is 22.6. The van der Waals surface area contributed by atoms with E-state index in [2.05, 4.69) is 4.98 Å². The number of aromatic amines is 1. The SMILES string of the molecule is O=C(COc1cccc(C2c3sc(=O)[nH]c3SC3C(=O)N(c4ccc(Cl)cc4)C(=O)C32)c1)N1CCCCC1. The summed E-state index contributed by atoms with van der Waals surface area (Å²) in [6.07, 6.45) is 3.15. The molecule has 3 atom stereocenters. The van der Waals surface area contributed by atoms with Crippen molar-refractivity contribution >= 4 is 58.1 Å². The number of benzene rings is 2. The Bertz CT molecular complexity index is 1460. The highest BCUT2D eigenvalue weighted by Gasteiger charge is 2.56. The fraction of sp³-hybridized carbons (Fsp3) is 0.333. The van der Waals surface area contributed by atoms with Gasteiger partial charge in [-0.1, -0.05) is 46.8 Å². The van der Waals surface area contributed by atoms with Gasteiger partial charge < -0.3 is 14.6 Å². The Morgan fingerprint density at radius 2 is 1.79 bits per heavy atom. The number of nitrogens with one attached hydrogen (secondary N) is 1. The molecule has 3 aliphatic heterocycles. The molecule has 0 spiro atoms. The number of carbonyl (C=O) groups excluding carboxylic acids is 3. The predicted octanol–water partition coefficient (Wildman–Crippen LogP) is 4.28. The smallest absolute Gasteiger partial charge is 0.305 e. The zero-order chi connectivity index (χ0) is 26.4. The molecule has 196 valence electrons. The molecule has 0 radical (unpaired) electrons. The Morgan fingerprint density at radius 1 is 1.03 bits per heavy atom. The summed E-state index contributed by atoms with van der Waals surface area (Å²) in [5.41, 5.74) is 1.21. The number of piperidine rings is 1. The third-order valence-corrected chi connectivity index (χ3v) is 9.85. The van der Waals surface area contributed by atoms with Crippen molar-refractivity contribution < 1.29 is 19.1 Å². The number of aromatic nitrogens is 1. The number of anilines is 1. The van der Waals surface area contributed by atoms with Crippen LogP contribution >= 0.6 is 34.7 Å². The molecule has 0 bridgehead atoms. The molecule has 2 fully saturated rings. The molecule has 11 heteroatoms. The number of thioether (sulfide) groups is 1. The van der Waals surface area contributed by atoms with E-state index < -0.39 is 17.1 Å². The number of rotatable bonds is 5. The Hall–Kier alpha value is -3.08. The molecule has 1 aromatic heterocycles. The lowest BCUT2D eigenvalue weighted by Crippen LogP contribution is -2.38. The number of ether oxygens (including phenoxy) is 1. The van der Waals surface area contributed by atoms with E-state index in [1.54, 1.807) is 42.5 Å². The molecular formula is C27H24ClN3O5S2. The van der Waals surface area contributed by atoms with Gasteiger partial charge in [-0.15, -0.1) is 0 Å². The highest BCUT2D eigenvalue weighted by Crippen LogP contribution is 2.53. The van der Waals surface area contributed by atoms with Crippen LogP contribution in [0.1, 0.15) is 35.6 Å². The van der Waals surface area contributed by atoms with Crippen molar-refractivity contribution in [1.82, 2.24) is 9.88 Å². The number of halogens is 1. The van der Waals surface area contributed by atoms with Crippen LogP contribution in [0, 0.1) is 5.92 Å². The van der Waals surface area contributed by atoms with Crippen molar-refractivity contribution in [3.8, 4) is 5.75 Å². The maximum atomic E-state index is 13.8. The molecule has 4 heterocycles. The number of nitrogens with zero attached hydrogens (tertiary/aromatic N) is 2. The van der Waals surface area contributed by atoms with Crippen molar-refractivity contribution in [2.45, 2.75) is 35.5 Å². The number of hydrogen-bond donors (Lipinski definition) is 1. The highest BCUT2D eigenvalue weighted by molar-refractivity contribution is 8.00. The molecule has 3 amide bonds. The zero-order valence-electron chi connectivity index (χ0n) is 20.2. The van der Waals surface area contributed by atoms with E-state index in [-0.39, 0.29) is 29.2 Å². The van der Waals surface area contributed by atoms with Crippen LogP contribution in [0.15, 0.2) is 58.4 Å². The fourth-order valence-electron chi connectivity index (χ4n) is 5.40. The van der Waals surface area contributed by atoms with Gasteiger partial charge >= 0.3 is 4.87 Å². The van der Waals surface area contributed by atoms with Gasteiger partial charge in [0.1, 0.15) is 11.0 Å². The number of likely N-dealkylation sites (tertiary alicyclic amines) is 1. The van der Waals surface area contributed by atoms with Crippen LogP contribution in [0.5, 0.6) is 5.75 Å². The maximum absolute atomic E-state index is 13.8. The van der Waals surface area contributed by atoms with E-state index in [1.807, 2.05) is 11.0 Å². The van der Waals surface area contributed by atoms with Gasteiger partial charge in [-0.05, 0) is 61.2 Å². The van der Waals surface area contributed by atoms with Crippen molar-refractivity contribution in [2.75, 3.05) is 24.6 Å². The van der Waals surface area contributed by atoms with Gasteiger partial charge in [0, 0.05) is 28.9 Å². The molecule has 0 aliphatic carbocycles. The molecular weight excluding hydrogens is 546 g/mol. The molecule has 6 rings (SSSR count). The summed E-state index contributed by atoms with van der Waals surface area (Å²) < 4.78 is 5.87. The first kappa shape index (κ1) is 25.2. The Morgan fingerprint density at radius 3 is 2.55 bits per heavy atom. The van der Waals surface area contributed by atoms with E-state index in [0.717, 1.165) is 54.1 Å². The Labute approximate surface area is 231 Å². The van der Waals surface area contributed by atoms with Crippen LogP contribution < -0.4 is 14.5 Å². The molecule has 0 saturated carbocycles. The Kier molecular flexibility index (Phi) is 6.79. The average molecular weight is 570 g/mol. The first-order chi connectivity index (χ1) is 18.4. The number of H-pyrrole nitrogens is 1. The van der Waals surface area contributed by atoms with Crippen molar-refractivity contribution in [1.29, 1.82) is 0 Å². The first-order valence-electron chi connectivity index (χ1n) is 12.4. The number of fused-ring (bicyclic) bond motifs is 2. The van der Waals surface area contributed by atoms with E-state index in [9.17, 15) is 19.2 Å². The summed E-state index contributed by atoms with van der Waals surface area (Å²) in [4.78, 5) is 58.6. The van der Waals surface area contributed by atoms with E-state index in [1.165, 1.54) is 16.7 Å². The predicted molar refractivity (Wildman–Crippen MR) is 146 cm³/mol. The van der Waals surface area contributed by atoms with Crippen molar-refractivity contribution in [2.24, 2.45) is 5.92 Å². The average Bonchev–Trinajstić information content (AvgIpc) is 3.42. The van der Waals surface area contributed by atoms with Gasteiger partial charge in [0.15, 0.2) is 6.61 Å². The Balaban J connectivity index is 1.32. The van der Waals surface area contributed by atoms with Gasteiger partial charge in [0.25, 0.3) is 5.91 Å². The van der Waals surface area contributed by atoms with Crippen LogP contribution in [-0.2, 0) is 14.4 Å². The van der Waals surface area contributed by atoms with Crippen LogP contribution in [0.3, 0.4) is 0 Å². The van der Waals surface area contributed by atoms with Gasteiger partial charge in [-0.3, -0.25) is 19.2 Å². The number of thiazole rings is 1. The van der Waals surface area contributed by atoms with Crippen LogP contribution in [-0.4, -0.2) is 52.6 Å². The fourth-order valence-corrected chi connectivity index (χ4v) is 8.04. The summed E-state index contributed by atoms with van der Waals surface area (Å²) in [6, 6.07) is 13.8. The quantitative estimate of drug-likeness (QED) is 0.461. The van der Waals surface area contributed by atoms with Crippen LogP contribution in [0.25, 0.3) is 0 Å². The molecule has 38 heavy (non-hydrogen) atoms. The second-order valence-electron chi connectivity index (χ2n) is 9.54. The molecule has 3 unspecified atom stereocenters. The van der Waals surface area contributed by atoms with Gasteiger partial charge in [-0.2, -0.15) is 0 Å². The van der Waals surface area contributed by atoms with E-state index >= 15 is 0 Å². The van der Waals surface area contributed by atoms with Gasteiger partial charge in [0.05, 0.1) is 16.6 Å². The minimum Gasteiger partial charge on any atom is -0.484 e. The minimum atomic E-state index is -0.702. The largest absolute Gasteiger partial charge is 0.484 e. The third kappa shape index (κ3) is 4.54. The molecule has 2 aromatic carbocycles. The molecule has 1 N–H and O–H groups in total. The summed E-state index contributed by atoms with van der Waals surface area (Å²) in [7, 11) is 0. The lowest BCUT2D eigenvalue weighted by atomic mass is 9.83. The maximum Gasteiger partial charge on any atom is 0.305 e. The van der Waals surface area contributed by atoms with Crippen LogP contribution in [0.2, 0.25) is 5.02 Å². The normalized spacial score (nSPS) is 22.8. The monoisotopic (exact) mass is 569 g/mol. The summed E-state index contributed by atoms with van der Waals surface area (Å²) in [5, 5.41) is 0.427. The highest BCUT2D eigenvalue weighted by atomic mass is 35.5. The molecule has 8 nitrogen and oxygen atoms in total. The first-order valence-corrected chi connectivity index (χ1v) is 14.5. The minimum absolute atomic E-state index is 0.0504. The molecule has 3 aliphatic rings. The molecule has 3 aromatic rings. The number of amides is 3. The molecule has 2 saturated heterocycles. The number of hydrogen-bond acceptors (Lipinski definition) is 7. The van der Waals surface area contributed by atoms with Gasteiger partial charge in [-0.25, -0.2) is 4.90 Å². The van der Waals surface area contributed by atoms with Crippen molar-refractivity contribution in [3.63, 3.8) is 0 Å². The summed E-state index contributed by atoms with van der Waals surface area (Å²) in [6.45, 7) is 1.43.